The van der Waals surface area contributed by atoms with E-state index in [0.717, 1.165) is 38.3 Å². The second kappa shape index (κ2) is 6.30. The van der Waals surface area contributed by atoms with Crippen molar-refractivity contribution in [3.8, 4) is 0 Å². The van der Waals surface area contributed by atoms with Crippen LogP contribution >= 0.6 is 0 Å². The Labute approximate surface area is 129 Å². The normalized spacial score (nSPS) is 16.0. The van der Waals surface area contributed by atoms with E-state index in [1.807, 2.05) is 24.2 Å². The molecule has 0 atom stereocenters. The molecule has 1 saturated heterocycles. The first-order valence-electron chi connectivity index (χ1n) is 7.66. The van der Waals surface area contributed by atoms with Gasteiger partial charge in [0.05, 0.1) is 0 Å². The number of carbonyl (C=O) groups is 1. The number of halogens is 1. The number of imidazole rings is 1. The molecule has 1 aliphatic heterocycles. The molecule has 1 aliphatic rings. The lowest BCUT2D eigenvalue weighted by Crippen LogP contribution is -2.39. The molecule has 0 saturated carbocycles. The van der Waals surface area contributed by atoms with Crippen LogP contribution < -0.4 is 0 Å². The van der Waals surface area contributed by atoms with E-state index in [0.29, 0.717) is 11.5 Å². The van der Waals surface area contributed by atoms with Gasteiger partial charge in [0.15, 0.2) is 0 Å². The number of amides is 1. The van der Waals surface area contributed by atoms with Gasteiger partial charge in [-0.1, -0.05) is 6.07 Å². The van der Waals surface area contributed by atoms with Crippen molar-refractivity contribution in [2.24, 2.45) is 5.92 Å². The van der Waals surface area contributed by atoms with Crippen molar-refractivity contribution in [2.75, 3.05) is 13.1 Å². The van der Waals surface area contributed by atoms with Crippen molar-refractivity contribution in [3.63, 3.8) is 0 Å². The summed E-state index contributed by atoms with van der Waals surface area (Å²) >= 11 is 0. The van der Waals surface area contributed by atoms with Gasteiger partial charge in [0, 0.05) is 37.6 Å². The van der Waals surface area contributed by atoms with Crippen LogP contribution in [0.15, 0.2) is 36.7 Å². The third-order valence-electron chi connectivity index (χ3n) is 4.35. The lowest BCUT2D eigenvalue weighted by molar-refractivity contribution is 0.0682. The Kier molecular flexibility index (Phi) is 4.22. The maximum Gasteiger partial charge on any atom is 0.253 e. The average Bonchev–Trinajstić information content (AvgIpc) is 2.92. The van der Waals surface area contributed by atoms with Crippen LogP contribution in [0.1, 0.15) is 29.0 Å². The molecule has 1 fully saturated rings. The monoisotopic (exact) mass is 301 g/mol. The number of piperidine rings is 1. The van der Waals surface area contributed by atoms with Crippen molar-refractivity contribution >= 4 is 5.91 Å². The molecule has 0 spiro atoms. The van der Waals surface area contributed by atoms with E-state index in [1.165, 1.54) is 12.1 Å². The molecule has 0 bridgehead atoms. The molecule has 1 aromatic heterocycles. The standard InChI is InChI=1S/C17H20FN3O/c1-13-19-7-10-21(13)12-14-5-8-20(9-6-14)17(22)15-3-2-4-16(18)11-15/h2-4,7,10-11,14H,5-6,8-9,12H2,1H3. The van der Waals surface area contributed by atoms with Gasteiger partial charge >= 0.3 is 0 Å². The second-order valence-corrected chi connectivity index (χ2v) is 5.87. The van der Waals surface area contributed by atoms with Crippen LogP contribution in [0, 0.1) is 18.7 Å². The minimum Gasteiger partial charge on any atom is -0.339 e. The maximum atomic E-state index is 13.2. The topological polar surface area (TPSA) is 38.1 Å². The third kappa shape index (κ3) is 3.18. The van der Waals surface area contributed by atoms with E-state index >= 15 is 0 Å². The van der Waals surface area contributed by atoms with Crippen molar-refractivity contribution in [1.29, 1.82) is 0 Å². The fraction of sp³-hybridized carbons (Fsp3) is 0.412. The smallest absolute Gasteiger partial charge is 0.253 e. The molecule has 22 heavy (non-hydrogen) atoms. The largest absolute Gasteiger partial charge is 0.339 e. The molecule has 4 nitrogen and oxygen atoms in total. The minimum atomic E-state index is -0.365. The van der Waals surface area contributed by atoms with Crippen LogP contribution in [0.3, 0.4) is 0 Å². The van der Waals surface area contributed by atoms with Crippen LogP contribution in [0.25, 0.3) is 0 Å². The molecular weight excluding hydrogens is 281 g/mol. The first-order chi connectivity index (χ1) is 10.6. The van der Waals surface area contributed by atoms with Gasteiger partial charge in [0.1, 0.15) is 11.6 Å². The van der Waals surface area contributed by atoms with Gasteiger partial charge in [0.25, 0.3) is 5.91 Å². The number of aryl methyl sites for hydroxylation is 1. The summed E-state index contributed by atoms with van der Waals surface area (Å²) in [6.45, 7) is 4.41. The maximum absolute atomic E-state index is 13.2. The molecule has 2 aromatic rings. The van der Waals surface area contributed by atoms with Gasteiger partial charge in [-0.05, 0) is 43.9 Å². The molecule has 1 aromatic carbocycles. The molecule has 0 unspecified atom stereocenters. The highest BCUT2D eigenvalue weighted by Crippen LogP contribution is 2.21. The van der Waals surface area contributed by atoms with E-state index in [1.54, 1.807) is 12.1 Å². The Balaban J connectivity index is 1.57. The first kappa shape index (κ1) is 14.8. The number of likely N-dealkylation sites (tertiary alicyclic amines) is 1. The highest BCUT2D eigenvalue weighted by Gasteiger charge is 2.24. The van der Waals surface area contributed by atoms with E-state index in [-0.39, 0.29) is 11.7 Å². The molecule has 5 heteroatoms. The number of nitrogens with zero attached hydrogens (tertiary/aromatic N) is 3. The van der Waals surface area contributed by atoms with Crippen molar-refractivity contribution in [3.05, 3.63) is 53.9 Å². The zero-order valence-corrected chi connectivity index (χ0v) is 12.7. The van der Waals surface area contributed by atoms with Gasteiger partial charge in [-0.3, -0.25) is 4.79 Å². The number of hydrogen-bond donors (Lipinski definition) is 0. The first-order valence-corrected chi connectivity index (χ1v) is 7.66. The number of aromatic nitrogens is 2. The zero-order chi connectivity index (χ0) is 15.5. The Morgan fingerprint density at radius 3 is 2.77 bits per heavy atom. The summed E-state index contributed by atoms with van der Waals surface area (Å²) in [5.74, 6) is 1.15. The Bertz CT molecular complexity index is 659. The molecule has 116 valence electrons. The number of hydrogen-bond acceptors (Lipinski definition) is 2. The van der Waals surface area contributed by atoms with Crippen molar-refractivity contribution in [2.45, 2.75) is 26.3 Å². The molecule has 3 rings (SSSR count). The summed E-state index contributed by atoms with van der Waals surface area (Å²) in [6.07, 6.45) is 5.76. The molecule has 0 N–H and O–H groups in total. The molecule has 0 radical (unpaired) electrons. The summed E-state index contributed by atoms with van der Waals surface area (Å²) in [4.78, 5) is 18.4. The van der Waals surface area contributed by atoms with E-state index in [2.05, 4.69) is 9.55 Å². The predicted octanol–water partition coefficient (Wildman–Crippen LogP) is 2.88. The highest BCUT2D eigenvalue weighted by atomic mass is 19.1. The van der Waals surface area contributed by atoms with Crippen molar-refractivity contribution < 1.29 is 9.18 Å². The van der Waals surface area contributed by atoms with Crippen LogP contribution in [-0.4, -0.2) is 33.4 Å². The quantitative estimate of drug-likeness (QED) is 0.874. The summed E-state index contributed by atoms with van der Waals surface area (Å²) in [6, 6.07) is 5.92. The molecule has 0 aliphatic carbocycles. The Morgan fingerprint density at radius 1 is 1.36 bits per heavy atom. The number of carbonyl (C=O) groups excluding carboxylic acids is 1. The lowest BCUT2D eigenvalue weighted by atomic mass is 9.96. The third-order valence-corrected chi connectivity index (χ3v) is 4.35. The van der Waals surface area contributed by atoms with Crippen LogP contribution in [0.4, 0.5) is 4.39 Å². The van der Waals surface area contributed by atoms with E-state index < -0.39 is 0 Å². The number of rotatable bonds is 3. The predicted molar refractivity (Wildman–Crippen MR) is 82.0 cm³/mol. The van der Waals surface area contributed by atoms with E-state index in [9.17, 15) is 9.18 Å². The van der Waals surface area contributed by atoms with Gasteiger partial charge in [0.2, 0.25) is 0 Å². The average molecular weight is 301 g/mol. The van der Waals surface area contributed by atoms with Gasteiger partial charge in [-0.25, -0.2) is 9.37 Å². The summed E-state index contributed by atoms with van der Waals surface area (Å²) in [5, 5.41) is 0. The molecule has 1 amide bonds. The van der Waals surface area contributed by atoms with Crippen LogP contribution in [0.2, 0.25) is 0 Å². The summed E-state index contributed by atoms with van der Waals surface area (Å²) in [5.41, 5.74) is 0.434. The summed E-state index contributed by atoms with van der Waals surface area (Å²) in [7, 11) is 0. The van der Waals surface area contributed by atoms with Gasteiger partial charge < -0.3 is 9.47 Å². The fourth-order valence-electron chi connectivity index (χ4n) is 3.00. The zero-order valence-electron chi connectivity index (χ0n) is 12.7. The molecule has 2 heterocycles. The fourth-order valence-corrected chi connectivity index (χ4v) is 3.00. The lowest BCUT2D eigenvalue weighted by Gasteiger charge is -2.32. The van der Waals surface area contributed by atoms with E-state index in [4.69, 9.17) is 0 Å². The minimum absolute atomic E-state index is 0.0724. The van der Waals surface area contributed by atoms with Gasteiger partial charge in [-0.2, -0.15) is 0 Å². The second-order valence-electron chi connectivity index (χ2n) is 5.87. The van der Waals surface area contributed by atoms with Crippen LogP contribution in [-0.2, 0) is 6.54 Å². The highest BCUT2D eigenvalue weighted by molar-refractivity contribution is 5.94. The molecular formula is C17H20FN3O. The van der Waals surface area contributed by atoms with Crippen LogP contribution in [0.5, 0.6) is 0 Å². The Morgan fingerprint density at radius 2 is 2.14 bits per heavy atom. The Hall–Kier alpha value is -2.17. The number of benzene rings is 1. The summed E-state index contributed by atoms with van der Waals surface area (Å²) < 4.78 is 15.4. The SMILES string of the molecule is Cc1nccn1CC1CCN(C(=O)c2cccc(F)c2)CC1. The van der Waals surface area contributed by atoms with Gasteiger partial charge in [-0.15, -0.1) is 0 Å². The van der Waals surface area contributed by atoms with Crippen molar-refractivity contribution in [1.82, 2.24) is 14.5 Å².